The van der Waals surface area contributed by atoms with Crippen LogP contribution in [0.2, 0.25) is 0 Å². The normalized spacial score (nSPS) is 10.2. The molecule has 0 saturated carbocycles. The van der Waals surface area contributed by atoms with E-state index in [9.17, 15) is 18.4 Å². The Bertz CT molecular complexity index is 785. The lowest BCUT2D eigenvalue weighted by atomic mass is 9.98. The topological polar surface area (TPSA) is 74.6 Å². The van der Waals surface area contributed by atoms with Crippen molar-refractivity contribution in [2.24, 2.45) is 5.92 Å². The summed E-state index contributed by atoms with van der Waals surface area (Å²) in [6.45, 7) is 5.66. The molecule has 0 aromatic heterocycles. The van der Waals surface area contributed by atoms with Gasteiger partial charge in [-0.15, -0.1) is 0 Å². The standard InChI is InChI=1S/C11H13FO2.C9H9FO2/c1-7(2)5-8-6-9(12)3-4-10(8)11(13)14;1-2-6-7(9(11)12)4-3-5-8(6)10/h3-4,6-7H,5H2,1-2H3,(H,13,14);3-5H,2H2,1H3,(H,11,12). The van der Waals surface area contributed by atoms with Crippen LogP contribution >= 0.6 is 0 Å². The molecule has 0 bridgehead atoms. The van der Waals surface area contributed by atoms with Gasteiger partial charge in [0.2, 0.25) is 0 Å². The summed E-state index contributed by atoms with van der Waals surface area (Å²) in [5.74, 6) is -2.59. The fraction of sp³-hybridized carbons (Fsp3) is 0.300. The molecule has 2 rings (SSSR count). The smallest absolute Gasteiger partial charge is 0.336 e. The minimum Gasteiger partial charge on any atom is -0.478 e. The van der Waals surface area contributed by atoms with E-state index in [0.29, 0.717) is 24.3 Å². The third-order valence-electron chi connectivity index (χ3n) is 3.63. The zero-order chi connectivity index (χ0) is 19.9. The predicted octanol–water partition coefficient (Wildman–Crippen LogP) is 4.81. The van der Waals surface area contributed by atoms with Crippen LogP contribution in [0.1, 0.15) is 52.6 Å². The van der Waals surface area contributed by atoms with Crippen molar-refractivity contribution >= 4 is 11.9 Å². The average molecular weight is 364 g/mol. The molecule has 2 aromatic rings. The fourth-order valence-electron chi connectivity index (χ4n) is 2.50. The molecule has 0 fully saturated rings. The van der Waals surface area contributed by atoms with Crippen LogP contribution in [0.4, 0.5) is 8.78 Å². The largest absolute Gasteiger partial charge is 0.478 e. The van der Waals surface area contributed by atoms with Gasteiger partial charge >= 0.3 is 11.9 Å². The Morgan fingerprint density at radius 3 is 2.08 bits per heavy atom. The van der Waals surface area contributed by atoms with Gasteiger partial charge in [0.05, 0.1) is 11.1 Å². The maximum absolute atomic E-state index is 12.9. The summed E-state index contributed by atoms with van der Waals surface area (Å²) < 4.78 is 25.8. The monoisotopic (exact) mass is 364 g/mol. The number of benzene rings is 2. The van der Waals surface area contributed by atoms with Crippen molar-refractivity contribution in [2.75, 3.05) is 0 Å². The minimum absolute atomic E-state index is 0.0532. The highest BCUT2D eigenvalue weighted by Gasteiger charge is 2.12. The number of carboxylic acids is 2. The quantitative estimate of drug-likeness (QED) is 0.798. The summed E-state index contributed by atoms with van der Waals surface area (Å²) in [7, 11) is 0. The summed E-state index contributed by atoms with van der Waals surface area (Å²) in [4.78, 5) is 21.4. The van der Waals surface area contributed by atoms with Crippen molar-refractivity contribution in [2.45, 2.75) is 33.6 Å². The second-order valence-electron chi connectivity index (χ2n) is 6.13. The Kier molecular flexibility index (Phi) is 7.90. The number of halogens is 2. The van der Waals surface area contributed by atoms with E-state index >= 15 is 0 Å². The first-order valence-corrected chi connectivity index (χ1v) is 8.19. The highest BCUT2D eigenvalue weighted by Crippen LogP contribution is 2.16. The van der Waals surface area contributed by atoms with Crippen LogP contribution in [0.15, 0.2) is 36.4 Å². The van der Waals surface area contributed by atoms with Gasteiger partial charge in [-0.25, -0.2) is 18.4 Å². The molecule has 0 atom stereocenters. The molecule has 0 spiro atoms. The molecule has 2 N–H and O–H groups in total. The van der Waals surface area contributed by atoms with Crippen molar-refractivity contribution in [1.82, 2.24) is 0 Å². The number of aromatic carboxylic acids is 2. The average Bonchev–Trinajstić information content (AvgIpc) is 2.54. The molecule has 0 aliphatic rings. The van der Waals surface area contributed by atoms with Crippen molar-refractivity contribution in [3.05, 3.63) is 70.3 Å². The van der Waals surface area contributed by atoms with Gasteiger partial charge in [-0.3, -0.25) is 0 Å². The zero-order valence-corrected chi connectivity index (χ0v) is 14.9. The molecule has 0 radical (unpaired) electrons. The molecule has 4 nitrogen and oxygen atoms in total. The van der Waals surface area contributed by atoms with E-state index in [1.54, 1.807) is 6.92 Å². The van der Waals surface area contributed by atoms with Gasteiger partial charge in [-0.05, 0) is 54.7 Å². The van der Waals surface area contributed by atoms with Crippen LogP contribution in [0.3, 0.4) is 0 Å². The van der Waals surface area contributed by atoms with Gasteiger partial charge in [0.15, 0.2) is 0 Å². The first-order chi connectivity index (χ1) is 12.2. The third-order valence-corrected chi connectivity index (χ3v) is 3.63. The summed E-state index contributed by atoms with van der Waals surface area (Å²) in [6, 6.07) is 7.86. The number of carbonyl (C=O) groups is 2. The molecule has 0 saturated heterocycles. The summed E-state index contributed by atoms with van der Waals surface area (Å²) in [5, 5.41) is 17.5. The third kappa shape index (κ3) is 5.95. The summed E-state index contributed by atoms with van der Waals surface area (Å²) in [6.07, 6.45) is 0.980. The van der Waals surface area contributed by atoms with Crippen molar-refractivity contribution < 1.29 is 28.6 Å². The van der Waals surface area contributed by atoms with E-state index in [4.69, 9.17) is 10.2 Å². The first-order valence-electron chi connectivity index (χ1n) is 8.19. The lowest BCUT2D eigenvalue weighted by Crippen LogP contribution is -2.05. The van der Waals surface area contributed by atoms with Gasteiger partial charge < -0.3 is 10.2 Å². The molecule has 0 heterocycles. The molecule has 0 amide bonds. The molecular weight excluding hydrogens is 342 g/mol. The van der Waals surface area contributed by atoms with Crippen LogP contribution in [0.25, 0.3) is 0 Å². The number of hydrogen-bond acceptors (Lipinski definition) is 2. The Morgan fingerprint density at radius 2 is 1.62 bits per heavy atom. The number of hydrogen-bond donors (Lipinski definition) is 2. The lowest BCUT2D eigenvalue weighted by Gasteiger charge is -2.08. The van der Waals surface area contributed by atoms with Crippen molar-refractivity contribution in [3.8, 4) is 0 Å². The minimum atomic E-state index is -1.08. The molecule has 0 aliphatic carbocycles. The molecule has 26 heavy (non-hydrogen) atoms. The van der Waals surface area contributed by atoms with Crippen molar-refractivity contribution in [3.63, 3.8) is 0 Å². The predicted molar refractivity (Wildman–Crippen MR) is 94.6 cm³/mol. The summed E-state index contributed by atoms with van der Waals surface area (Å²) in [5.41, 5.74) is 1.08. The van der Waals surface area contributed by atoms with E-state index in [2.05, 4.69) is 0 Å². The number of carboxylic acid groups (broad SMARTS) is 2. The van der Waals surface area contributed by atoms with Gasteiger partial charge in [-0.2, -0.15) is 0 Å². The maximum atomic E-state index is 12.9. The highest BCUT2D eigenvalue weighted by atomic mass is 19.1. The summed E-state index contributed by atoms with van der Waals surface area (Å²) >= 11 is 0. The van der Waals surface area contributed by atoms with Crippen LogP contribution < -0.4 is 0 Å². The SMILES string of the molecule is CC(C)Cc1cc(F)ccc1C(=O)O.CCc1c(F)cccc1C(=O)O. The Morgan fingerprint density at radius 1 is 1.00 bits per heavy atom. The highest BCUT2D eigenvalue weighted by molar-refractivity contribution is 5.89. The second-order valence-corrected chi connectivity index (χ2v) is 6.13. The number of rotatable bonds is 5. The maximum Gasteiger partial charge on any atom is 0.336 e. The molecule has 0 unspecified atom stereocenters. The lowest BCUT2D eigenvalue weighted by molar-refractivity contribution is 0.0684. The first kappa shape index (κ1) is 21.3. The van der Waals surface area contributed by atoms with E-state index in [0.717, 1.165) is 0 Å². The Hall–Kier alpha value is -2.76. The van der Waals surface area contributed by atoms with Crippen LogP contribution in [0, 0.1) is 17.6 Å². The Labute approximate surface area is 151 Å². The molecule has 0 aliphatic heterocycles. The molecule has 6 heteroatoms. The second kappa shape index (κ2) is 9.65. The zero-order valence-electron chi connectivity index (χ0n) is 14.9. The van der Waals surface area contributed by atoms with E-state index in [1.807, 2.05) is 13.8 Å². The van der Waals surface area contributed by atoms with Crippen LogP contribution in [-0.2, 0) is 12.8 Å². The fourth-order valence-corrected chi connectivity index (χ4v) is 2.50. The van der Waals surface area contributed by atoms with Gasteiger partial charge in [0, 0.05) is 5.56 Å². The van der Waals surface area contributed by atoms with E-state index in [1.165, 1.54) is 36.4 Å². The van der Waals surface area contributed by atoms with E-state index in [-0.39, 0.29) is 22.5 Å². The molecule has 2 aromatic carbocycles. The van der Waals surface area contributed by atoms with Gasteiger partial charge in [0.25, 0.3) is 0 Å². The van der Waals surface area contributed by atoms with Crippen molar-refractivity contribution in [1.29, 1.82) is 0 Å². The van der Waals surface area contributed by atoms with Gasteiger partial charge in [0.1, 0.15) is 11.6 Å². The van der Waals surface area contributed by atoms with Crippen LogP contribution in [-0.4, -0.2) is 22.2 Å². The van der Waals surface area contributed by atoms with Gasteiger partial charge in [-0.1, -0.05) is 26.8 Å². The van der Waals surface area contributed by atoms with Crippen LogP contribution in [0.5, 0.6) is 0 Å². The molecular formula is C20H22F2O4. The molecule has 140 valence electrons. The Balaban J connectivity index is 0.000000263. The van der Waals surface area contributed by atoms with E-state index < -0.39 is 17.8 Å².